The van der Waals surface area contributed by atoms with E-state index in [1.165, 1.54) is 4.31 Å². The van der Waals surface area contributed by atoms with Crippen molar-refractivity contribution in [1.82, 2.24) is 4.31 Å². The van der Waals surface area contributed by atoms with Gasteiger partial charge in [0.15, 0.2) is 14.9 Å². The van der Waals surface area contributed by atoms with E-state index in [0.717, 1.165) is 6.26 Å². The molecule has 8 heteroatoms. The smallest absolute Gasteiger partial charge is 0.228 e. The monoisotopic (exact) mass is 270 g/mol. The summed E-state index contributed by atoms with van der Waals surface area (Å²) in [5, 5.41) is -0.818. The molecule has 2 unspecified atom stereocenters. The molecule has 2 N–H and O–H groups in total. The van der Waals surface area contributed by atoms with Crippen LogP contribution in [0, 0.1) is 5.92 Å². The molecule has 1 rings (SSSR count). The molecule has 96 valence electrons. The highest BCUT2D eigenvalue weighted by Gasteiger charge is 2.32. The lowest BCUT2D eigenvalue weighted by molar-refractivity contribution is 0.251. The van der Waals surface area contributed by atoms with Crippen LogP contribution in [0.15, 0.2) is 0 Å². The van der Waals surface area contributed by atoms with Gasteiger partial charge in [0.1, 0.15) is 0 Å². The van der Waals surface area contributed by atoms with Crippen LogP contribution >= 0.6 is 0 Å². The molecule has 1 heterocycles. The predicted octanol–water partition coefficient (Wildman–Crippen LogP) is -1.01. The van der Waals surface area contributed by atoms with Crippen LogP contribution in [-0.2, 0) is 19.9 Å². The molecule has 0 spiro atoms. The second-order valence-electron chi connectivity index (χ2n) is 4.44. The van der Waals surface area contributed by atoms with Crippen molar-refractivity contribution in [3.8, 4) is 0 Å². The zero-order chi connectivity index (χ0) is 12.6. The maximum Gasteiger partial charge on any atom is 0.228 e. The molecule has 0 amide bonds. The number of piperidine rings is 1. The van der Waals surface area contributed by atoms with Gasteiger partial charge in [0.2, 0.25) is 10.0 Å². The molecule has 0 aromatic heterocycles. The number of nitrogens with zero attached hydrogens (tertiary/aromatic N) is 1. The first-order valence-corrected chi connectivity index (χ1v) is 8.70. The van der Waals surface area contributed by atoms with Crippen molar-refractivity contribution in [2.75, 3.05) is 24.4 Å². The Bertz CT molecular complexity index is 443. The fourth-order valence-corrected chi connectivity index (χ4v) is 5.33. The summed E-state index contributed by atoms with van der Waals surface area (Å²) >= 11 is 0. The van der Waals surface area contributed by atoms with Crippen LogP contribution in [0.1, 0.15) is 13.3 Å². The van der Waals surface area contributed by atoms with Crippen LogP contribution in [0.2, 0.25) is 0 Å². The normalized spacial score (nSPS) is 29.2. The van der Waals surface area contributed by atoms with Gasteiger partial charge in [0, 0.05) is 25.4 Å². The minimum absolute atomic E-state index is 0.00955. The van der Waals surface area contributed by atoms with E-state index in [1.54, 1.807) is 0 Å². The Morgan fingerprint density at radius 2 is 1.88 bits per heavy atom. The fraction of sp³-hybridized carbons (Fsp3) is 1.00. The topological polar surface area (TPSA) is 97.5 Å². The number of hydrogen-bond donors (Lipinski definition) is 1. The number of hydrogen-bond acceptors (Lipinski definition) is 5. The minimum Gasteiger partial charge on any atom is -0.327 e. The highest BCUT2D eigenvalue weighted by Crippen LogP contribution is 2.18. The lowest BCUT2D eigenvalue weighted by Gasteiger charge is -2.33. The van der Waals surface area contributed by atoms with Gasteiger partial charge in [0.05, 0.1) is 0 Å². The first kappa shape index (κ1) is 13.9. The average molecular weight is 270 g/mol. The Labute approximate surface area is 96.8 Å². The molecule has 0 radical (unpaired) electrons. The molecular formula is C8H18N2O4S2. The maximum atomic E-state index is 11.8. The van der Waals surface area contributed by atoms with Gasteiger partial charge in [-0.2, -0.15) is 0 Å². The summed E-state index contributed by atoms with van der Waals surface area (Å²) in [4.78, 5) is 0. The Hall–Kier alpha value is -0.180. The second kappa shape index (κ2) is 4.59. The van der Waals surface area contributed by atoms with Crippen molar-refractivity contribution < 1.29 is 16.8 Å². The van der Waals surface area contributed by atoms with Gasteiger partial charge < -0.3 is 5.73 Å². The van der Waals surface area contributed by atoms with E-state index >= 15 is 0 Å². The van der Waals surface area contributed by atoms with Gasteiger partial charge in [-0.1, -0.05) is 6.92 Å². The molecule has 16 heavy (non-hydrogen) atoms. The van der Waals surface area contributed by atoms with Gasteiger partial charge in [-0.3, -0.25) is 0 Å². The number of sulfonamides is 1. The first-order valence-electron chi connectivity index (χ1n) is 5.03. The van der Waals surface area contributed by atoms with Crippen molar-refractivity contribution in [2.24, 2.45) is 11.7 Å². The highest BCUT2D eigenvalue weighted by atomic mass is 32.3. The summed E-state index contributed by atoms with van der Waals surface area (Å²) in [7, 11) is -7.23. The highest BCUT2D eigenvalue weighted by molar-refractivity contribution is 8.06. The summed E-state index contributed by atoms with van der Waals surface area (Å²) in [5.74, 6) is 0.0584. The molecule has 1 saturated heterocycles. The summed E-state index contributed by atoms with van der Waals surface area (Å²) in [6, 6.07) is -0.00955. The molecule has 0 aromatic carbocycles. The van der Waals surface area contributed by atoms with Crippen LogP contribution < -0.4 is 5.73 Å². The van der Waals surface area contributed by atoms with Crippen LogP contribution in [0.5, 0.6) is 0 Å². The van der Waals surface area contributed by atoms with Gasteiger partial charge in [-0.25, -0.2) is 21.1 Å². The zero-order valence-corrected chi connectivity index (χ0v) is 11.1. The molecule has 0 saturated carbocycles. The van der Waals surface area contributed by atoms with Crippen molar-refractivity contribution >= 4 is 19.9 Å². The number of rotatable bonds is 3. The maximum absolute atomic E-state index is 11.8. The van der Waals surface area contributed by atoms with Crippen molar-refractivity contribution in [3.63, 3.8) is 0 Å². The van der Waals surface area contributed by atoms with E-state index in [0.29, 0.717) is 19.5 Å². The molecule has 6 nitrogen and oxygen atoms in total. The van der Waals surface area contributed by atoms with Gasteiger partial charge >= 0.3 is 0 Å². The van der Waals surface area contributed by atoms with Crippen LogP contribution in [0.4, 0.5) is 0 Å². The van der Waals surface area contributed by atoms with Crippen molar-refractivity contribution in [1.29, 1.82) is 0 Å². The third-order valence-electron chi connectivity index (χ3n) is 2.69. The van der Waals surface area contributed by atoms with E-state index in [-0.39, 0.29) is 12.0 Å². The van der Waals surface area contributed by atoms with Crippen LogP contribution in [0.3, 0.4) is 0 Å². The number of sulfone groups is 1. The summed E-state index contributed by atoms with van der Waals surface area (Å²) < 4.78 is 46.8. The quantitative estimate of drug-likeness (QED) is 0.708. The van der Waals surface area contributed by atoms with E-state index < -0.39 is 24.9 Å². The van der Waals surface area contributed by atoms with Crippen LogP contribution in [-0.4, -0.2) is 51.6 Å². The standard InChI is InChI=1S/C8H18N2O4S2/c1-7-5-10(4-3-8(7)9)16(13,14)6-15(2,11)12/h7-8H,3-6,9H2,1-2H3. The average Bonchev–Trinajstić information content (AvgIpc) is 2.05. The van der Waals surface area contributed by atoms with Crippen molar-refractivity contribution in [2.45, 2.75) is 19.4 Å². The number of nitrogens with two attached hydrogens (primary N) is 1. The lowest BCUT2D eigenvalue weighted by Crippen LogP contribution is -2.49. The Morgan fingerprint density at radius 1 is 1.31 bits per heavy atom. The third-order valence-corrected chi connectivity index (χ3v) is 6.71. The van der Waals surface area contributed by atoms with Gasteiger partial charge in [-0.15, -0.1) is 0 Å². The molecule has 1 fully saturated rings. The molecule has 2 atom stereocenters. The minimum atomic E-state index is -3.71. The molecule has 1 aliphatic rings. The summed E-state index contributed by atoms with van der Waals surface area (Å²) in [6.07, 6.45) is 1.49. The van der Waals surface area contributed by atoms with E-state index in [1.807, 2.05) is 6.92 Å². The Morgan fingerprint density at radius 3 is 2.31 bits per heavy atom. The Kier molecular flexibility index (Phi) is 3.99. The third kappa shape index (κ3) is 3.69. The first-order chi connectivity index (χ1) is 7.12. The second-order valence-corrected chi connectivity index (χ2v) is 8.92. The van der Waals surface area contributed by atoms with E-state index in [4.69, 9.17) is 5.73 Å². The lowest BCUT2D eigenvalue weighted by atomic mass is 9.96. The summed E-state index contributed by atoms with van der Waals surface area (Å²) in [5.41, 5.74) is 5.77. The van der Waals surface area contributed by atoms with Crippen molar-refractivity contribution in [3.05, 3.63) is 0 Å². The Balaban J connectivity index is 2.79. The van der Waals surface area contributed by atoms with Gasteiger partial charge in [-0.05, 0) is 12.3 Å². The molecular weight excluding hydrogens is 252 g/mol. The fourth-order valence-electron chi connectivity index (χ4n) is 1.72. The van der Waals surface area contributed by atoms with E-state index in [2.05, 4.69) is 0 Å². The zero-order valence-electron chi connectivity index (χ0n) is 9.46. The SMILES string of the molecule is CC1CN(S(=O)(=O)CS(C)(=O)=O)CCC1N. The predicted molar refractivity (Wildman–Crippen MR) is 62.0 cm³/mol. The summed E-state index contributed by atoms with van der Waals surface area (Å²) in [6.45, 7) is 2.48. The molecule has 1 aliphatic heterocycles. The van der Waals surface area contributed by atoms with E-state index in [9.17, 15) is 16.8 Å². The molecule has 0 aromatic rings. The molecule has 0 aliphatic carbocycles. The van der Waals surface area contributed by atoms with Crippen LogP contribution in [0.25, 0.3) is 0 Å². The van der Waals surface area contributed by atoms with Gasteiger partial charge in [0.25, 0.3) is 0 Å². The molecule has 0 bridgehead atoms. The largest absolute Gasteiger partial charge is 0.327 e.